The van der Waals surface area contributed by atoms with Crippen molar-refractivity contribution in [3.8, 4) is 11.3 Å². The summed E-state index contributed by atoms with van der Waals surface area (Å²) in [6.45, 7) is 4.82. The lowest BCUT2D eigenvalue weighted by atomic mass is 10.0. The van der Waals surface area contributed by atoms with Gasteiger partial charge in [0, 0.05) is 30.7 Å². The fourth-order valence-corrected chi connectivity index (χ4v) is 3.50. The largest absolute Gasteiger partial charge is 0.346 e. The summed E-state index contributed by atoms with van der Waals surface area (Å²) in [7, 11) is 0. The molecule has 3 rings (SSSR count). The summed E-state index contributed by atoms with van der Waals surface area (Å²) in [6.07, 6.45) is 10.7. The van der Waals surface area contributed by atoms with Gasteiger partial charge >= 0.3 is 0 Å². The van der Waals surface area contributed by atoms with Gasteiger partial charge in [0.25, 0.3) is 0 Å². The first-order valence-electron chi connectivity index (χ1n) is 8.40. The maximum absolute atomic E-state index is 12.7. The molecule has 0 aromatic carbocycles. The summed E-state index contributed by atoms with van der Waals surface area (Å²) in [5.74, 6) is 1.09. The third kappa shape index (κ3) is 3.48. The minimum Gasteiger partial charge on any atom is -0.346 e. The third-order valence-corrected chi connectivity index (χ3v) is 5.48. The summed E-state index contributed by atoms with van der Waals surface area (Å²) in [5.41, 5.74) is 3.00. The lowest BCUT2D eigenvalue weighted by Crippen LogP contribution is -2.42. The van der Waals surface area contributed by atoms with Crippen molar-refractivity contribution >= 4 is 17.7 Å². The number of carbonyl (C=O) groups excluding carboxylic acids is 1. The van der Waals surface area contributed by atoms with Crippen molar-refractivity contribution < 1.29 is 4.79 Å². The van der Waals surface area contributed by atoms with Gasteiger partial charge in [-0.2, -0.15) is 11.8 Å². The molecule has 2 aromatic rings. The van der Waals surface area contributed by atoms with Gasteiger partial charge in [0.15, 0.2) is 0 Å². The highest BCUT2D eigenvalue weighted by atomic mass is 32.2. The van der Waals surface area contributed by atoms with Crippen LogP contribution in [-0.2, 0) is 4.79 Å². The number of pyridine rings is 1. The van der Waals surface area contributed by atoms with E-state index in [1.807, 2.05) is 43.6 Å². The Morgan fingerprint density at radius 1 is 1.42 bits per heavy atom. The predicted octanol–water partition coefficient (Wildman–Crippen LogP) is 3.59. The fourth-order valence-electron chi connectivity index (χ4n) is 3.16. The van der Waals surface area contributed by atoms with E-state index in [1.165, 1.54) is 0 Å². The van der Waals surface area contributed by atoms with E-state index in [4.69, 9.17) is 4.98 Å². The SMILES string of the molecule is CSC(C)C(=O)N1CCCCC1c1nc(-c2cncc(C)c2)c[nH]1. The molecule has 0 bridgehead atoms. The van der Waals surface area contributed by atoms with Crippen LogP contribution >= 0.6 is 11.8 Å². The molecule has 5 nitrogen and oxygen atoms in total. The summed E-state index contributed by atoms with van der Waals surface area (Å²) in [5, 5.41) is -0.0130. The van der Waals surface area contributed by atoms with Crippen LogP contribution in [0.15, 0.2) is 24.7 Å². The summed E-state index contributed by atoms with van der Waals surface area (Å²) >= 11 is 1.60. The normalized spacial score (nSPS) is 19.3. The zero-order chi connectivity index (χ0) is 17.1. The zero-order valence-electron chi connectivity index (χ0n) is 14.5. The van der Waals surface area contributed by atoms with E-state index in [-0.39, 0.29) is 17.2 Å². The smallest absolute Gasteiger partial charge is 0.236 e. The van der Waals surface area contributed by atoms with E-state index >= 15 is 0 Å². The Kier molecular flexibility index (Phi) is 5.23. The van der Waals surface area contributed by atoms with Crippen molar-refractivity contribution in [1.29, 1.82) is 0 Å². The molecule has 1 fully saturated rings. The average Bonchev–Trinajstić information content (AvgIpc) is 3.10. The van der Waals surface area contributed by atoms with Gasteiger partial charge in [-0.3, -0.25) is 9.78 Å². The van der Waals surface area contributed by atoms with Crippen LogP contribution in [0.25, 0.3) is 11.3 Å². The maximum atomic E-state index is 12.7. The fraction of sp³-hybridized carbons (Fsp3) is 0.500. The van der Waals surface area contributed by atoms with Gasteiger partial charge in [-0.1, -0.05) is 0 Å². The number of piperidine rings is 1. The molecule has 0 spiro atoms. The molecule has 6 heteroatoms. The Morgan fingerprint density at radius 2 is 2.25 bits per heavy atom. The molecule has 2 unspecified atom stereocenters. The molecule has 1 saturated heterocycles. The van der Waals surface area contributed by atoms with Crippen LogP contribution in [-0.4, -0.2) is 43.8 Å². The standard InChI is InChI=1S/C18H24N4OS/c1-12-8-14(10-19-9-12)15-11-20-17(21-15)16-6-4-5-7-22(16)18(23)13(2)24-3/h8-11,13,16H,4-7H2,1-3H3,(H,20,21). The number of rotatable bonds is 4. The average molecular weight is 344 g/mol. The van der Waals surface area contributed by atoms with Crippen LogP contribution < -0.4 is 0 Å². The number of aromatic amines is 1. The maximum Gasteiger partial charge on any atom is 0.236 e. The number of aryl methyl sites for hydroxylation is 1. The summed E-state index contributed by atoms with van der Waals surface area (Å²) in [6, 6.07) is 2.12. The van der Waals surface area contributed by atoms with E-state index in [1.54, 1.807) is 11.8 Å². The van der Waals surface area contributed by atoms with Crippen LogP contribution in [0.1, 0.15) is 43.6 Å². The number of hydrogen-bond donors (Lipinski definition) is 1. The molecular weight excluding hydrogens is 320 g/mol. The molecule has 3 heterocycles. The predicted molar refractivity (Wildman–Crippen MR) is 97.8 cm³/mol. The van der Waals surface area contributed by atoms with Crippen LogP contribution in [0.5, 0.6) is 0 Å². The number of aromatic nitrogens is 3. The monoisotopic (exact) mass is 344 g/mol. The number of nitrogens with zero attached hydrogens (tertiary/aromatic N) is 3. The van der Waals surface area contributed by atoms with Crippen molar-refractivity contribution in [2.24, 2.45) is 0 Å². The van der Waals surface area contributed by atoms with Gasteiger partial charge in [-0.25, -0.2) is 4.98 Å². The second-order valence-corrected chi connectivity index (χ2v) is 7.52. The van der Waals surface area contributed by atoms with Crippen molar-refractivity contribution in [1.82, 2.24) is 19.9 Å². The Morgan fingerprint density at radius 3 is 3.00 bits per heavy atom. The zero-order valence-corrected chi connectivity index (χ0v) is 15.3. The number of thioether (sulfide) groups is 1. The molecule has 1 aliphatic rings. The van der Waals surface area contributed by atoms with Crippen molar-refractivity contribution in [2.75, 3.05) is 12.8 Å². The Bertz CT molecular complexity index is 715. The molecule has 0 radical (unpaired) electrons. The first-order valence-corrected chi connectivity index (χ1v) is 9.69. The Hall–Kier alpha value is -1.82. The summed E-state index contributed by atoms with van der Waals surface area (Å²) < 4.78 is 0. The van der Waals surface area contributed by atoms with Crippen LogP contribution in [0, 0.1) is 6.92 Å². The number of amides is 1. The topological polar surface area (TPSA) is 61.9 Å². The van der Waals surface area contributed by atoms with E-state index in [0.717, 1.165) is 48.5 Å². The first kappa shape index (κ1) is 17.0. The van der Waals surface area contributed by atoms with E-state index in [0.29, 0.717) is 0 Å². The van der Waals surface area contributed by atoms with E-state index < -0.39 is 0 Å². The lowest BCUT2D eigenvalue weighted by molar-refractivity contribution is -0.134. The van der Waals surface area contributed by atoms with Crippen LogP contribution in [0.4, 0.5) is 0 Å². The number of hydrogen-bond acceptors (Lipinski definition) is 4. The molecule has 2 atom stereocenters. The highest BCUT2D eigenvalue weighted by Gasteiger charge is 2.32. The molecule has 0 aliphatic carbocycles. The molecule has 24 heavy (non-hydrogen) atoms. The van der Waals surface area contributed by atoms with Gasteiger partial charge in [-0.15, -0.1) is 0 Å². The van der Waals surface area contributed by atoms with Crippen LogP contribution in [0.2, 0.25) is 0 Å². The van der Waals surface area contributed by atoms with E-state index in [9.17, 15) is 4.79 Å². The minimum absolute atomic E-state index is 0.0130. The quantitative estimate of drug-likeness (QED) is 0.921. The number of nitrogens with one attached hydrogen (secondary N) is 1. The lowest BCUT2D eigenvalue weighted by Gasteiger charge is -2.36. The molecule has 1 amide bonds. The van der Waals surface area contributed by atoms with Gasteiger partial charge in [0.1, 0.15) is 5.82 Å². The van der Waals surface area contributed by atoms with Crippen molar-refractivity contribution in [3.05, 3.63) is 36.0 Å². The molecule has 1 N–H and O–H groups in total. The van der Waals surface area contributed by atoms with Gasteiger partial charge < -0.3 is 9.88 Å². The highest BCUT2D eigenvalue weighted by Crippen LogP contribution is 2.32. The van der Waals surface area contributed by atoms with E-state index in [2.05, 4.69) is 16.0 Å². The van der Waals surface area contributed by atoms with Crippen LogP contribution in [0.3, 0.4) is 0 Å². The first-order chi connectivity index (χ1) is 11.6. The second-order valence-electron chi connectivity index (χ2n) is 6.34. The molecule has 128 valence electrons. The highest BCUT2D eigenvalue weighted by molar-refractivity contribution is 7.99. The number of likely N-dealkylation sites (tertiary alicyclic amines) is 1. The third-order valence-electron chi connectivity index (χ3n) is 4.57. The van der Waals surface area contributed by atoms with Crippen molar-refractivity contribution in [2.45, 2.75) is 44.4 Å². The molecule has 2 aromatic heterocycles. The molecule has 1 aliphatic heterocycles. The number of imidazole rings is 1. The Labute approximate surface area is 147 Å². The molecule has 0 saturated carbocycles. The Balaban J connectivity index is 1.85. The van der Waals surface area contributed by atoms with Gasteiger partial charge in [0.05, 0.1) is 17.0 Å². The number of H-pyrrole nitrogens is 1. The van der Waals surface area contributed by atoms with Gasteiger partial charge in [-0.05, 0) is 51.0 Å². The number of carbonyl (C=O) groups is 1. The molecular formula is C18H24N4OS. The van der Waals surface area contributed by atoms with Gasteiger partial charge in [0.2, 0.25) is 5.91 Å². The second kappa shape index (κ2) is 7.38. The summed E-state index contributed by atoms with van der Waals surface area (Å²) in [4.78, 5) is 27.0. The van der Waals surface area contributed by atoms with Crippen molar-refractivity contribution in [3.63, 3.8) is 0 Å². The minimum atomic E-state index is -0.0130.